The quantitative estimate of drug-likeness (QED) is 0.475. The first-order valence-corrected chi connectivity index (χ1v) is 9.95. The van der Waals surface area contributed by atoms with Crippen LogP contribution in [0.2, 0.25) is 0 Å². The maximum atomic E-state index is 13.8. The van der Waals surface area contributed by atoms with Crippen LogP contribution in [0, 0.1) is 10.1 Å². The van der Waals surface area contributed by atoms with Crippen LogP contribution in [0.4, 0.5) is 5.69 Å². The van der Waals surface area contributed by atoms with E-state index < -0.39 is 33.6 Å². The van der Waals surface area contributed by atoms with Crippen molar-refractivity contribution in [2.24, 2.45) is 0 Å². The first-order chi connectivity index (χ1) is 15.2. The van der Waals surface area contributed by atoms with Crippen LogP contribution in [-0.4, -0.2) is 21.7 Å². The maximum Gasteiger partial charge on any atom is 0.288 e. The fraction of sp³-hybridized carbons (Fsp3) is 0.217. The van der Waals surface area contributed by atoms with Crippen molar-refractivity contribution in [3.05, 3.63) is 92.9 Å². The zero-order valence-electron chi connectivity index (χ0n) is 17.1. The summed E-state index contributed by atoms with van der Waals surface area (Å²) in [6.07, 6.45) is 1.29. The number of aliphatic hydroxyl groups is 1. The summed E-state index contributed by atoms with van der Waals surface area (Å²) < 4.78 is 11.1. The number of nitrogens with one attached hydrogen (secondary N) is 1. The minimum Gasteiger partial charge on any atom is -0.459 e. The molecule has 9 nitrogen and oxygen atoms in total. The molecule has 9 heteroatoms. The molecule has 3 aromatic rings. The van der Waals surface area contributed by atoms with Gasteiger partial charge in [-0.15, -0.1) is 0 Å². The molecule has 2 heterocycles. The second kappa shape index (κ2) is 6.51. The van der Waals surface area contributed by atoms with Gasteiger partial charge in [-0.3, -0.25) is 19.7 Å². The molecule has 162 valence electrons. The van der Waals surface area contributed by atoms with Gasteiger partial charge >= 0.3 is 0 Å². The summed E-state index contributed by atoms with van der Waals surface area (Å²) in [6, 6.07) is 11.9. The first-order valence-electron chi connectivity index (χ1n) is 9.95. The molecule has 1 aliphatic carbocycles. The average molecular weight is 434 g/mol. The van der Waals surface area contributed by atoms with Crippen LogP contribution >= 0.6 is 0 Å². The van der Waals surface area contributed by atoms with Gasteiger partial charge in [0.2, 0.25) is 11.3 Å². The maximum absolute atomic E-state index is 13.8. The lowest BCUT2D eigenvalue weighted by Gasteiger charge is -2.34. The summed E-state index contributed by atoms with van der Waals surface area (Å²) in [4.78, 5) is 37.7. The summed E-state index contributed by atoms with van der Waals surface area (Å²) in [5, 5.41) is 26.0. The smallest absolute Gasteiger partial charge is 0.288 e. The van der Waals surface area contributed by atoms with Crippen molar-refractivity contribution in [2.45, 2.75) is 31.1 Å². The highest BCUT2D eigenvalue weighted by Gasteiger charge is 2.73. The Morgan fingerprint density at radius 3 is 2.59 bits per heavy atom. The molecule has 2 N–H and O–H groups in total. The van der Waals surface area contributed by atoms with E-state index in [1.165, 1.54) is 36.6 Å². The van der Waals surface area contributed by atoms with Gasteiger partial charge in [-0.05, 0) is 29.7 Å². The molecule has 32 heavy (non-hydrogen) atoms. The van der Waals surface area contributed by atoms with E-state index in [9.17, 15) is 24.8 Å². The van der Waals surface area contributed by atoms with Gasteiger partial charge in [0.25, 0.3) is 17.4 Å². The lowest BCUT2D eigenvalue weighted by Crippen LogP contribution is -2.60. The molecule has 5 rings (SSSR count). The van der Waals surface area contributed by atoms with Crippen LogP contribution in [0.3, 0.4) is 0 Å². The number of Topliss-reactive ketones (excluding diaryl/α,β-unsaturated/α-hetero) is 1. The summed E-state index contributed by atoms with van der Waals surface area (Å²) >= 11 is 0. The lowest BCUT2D eigenvalue weighted by atomic mass is 9.82. The normalized spacial score (nSPS) is 22.8. The van der Waals surface area contributed by atoms with Crippen LogP contribution in [0.1, 0.15) is 57.4 Å². The molecule has 2 aliphatic rings. The Bertz CT molecular complexity index is 1300. The number of hydrogen-bond donors (Lipinski definition) is 2. The number of ketones is 1. The Morgan fingerprint density at radius 2 is 1.94 bits per heavy atom. The topological polar surface area (TPSA) is 132 Å². The fourth-order valence-corrected chi connectivity index (χ4v) is 4.49. The van der Waals surface area contributed by atoms with Crippen molar-refractivity contribution in [2.75, 3.05) is 0 Å². The van der Waals surface area contributed by atoms with Crippen molar-refractivity contribution in [1.29, 1.82) is 0 Å². The third kappa shape index (κ3) is 2.36. The van der Waals surface area contributed by atoms with Crippen LogP contribution in [-0.2, 0) is 11.3 Å². The van der Waals surface area contributed by atoms with E-state index in [0.717, 1.165) is 5.56 Å². The van der Waals surface area contributed by atoms with Crippen LogP contribution in [0.15, 0.2) is 59.2 Å². The molecule has 0 fully saturated rings. The van der Waals surface area contributed by atoms with Crippen LogP contribution < -0.4 is 10.1 Å². The Hall–Kier alpha value is -3.98. The number of nitro groups is 1. The summed E-state index contributed by atoms with van der Waals surface area (Å²) in [5.41, 5.74) is -1.90. The third-order valence-corrected chi connectivity index (χ3v) is 6.06. The summed E-state index contributed by atoms with van der Waals surface area (Å²) in [5.74, 6) is -3.74. The fourth-order valence-electron chi connectivity index (χ4n) is 4.49. The highest BCUT2D eigenvalue weighted by atomic mass is 16.6. The van der Waals surface area contributed by atoms with Crippen molar-refractivity contribution < 1.29 is 28.8 Å². The van der Waals surface area contributed by atoms with E-state index in [4.69, 9.17) is 9.15 Å². The first kappa shape index (κ1) is 20.0. The van der Waals surface area contributed by atoms with Gasteiger partial charge in [0.05, 0.1) is 11.2 Å². The minimum atomic E-state index is -2.38. The van der Waals surface area contributed by atoms with Crippen molar-refractivity contribution >= 4 is 17.4 Å². The number of benzene rings is 2. The SMILES string of the molecule is CC(C)c1ccc2c(c1)OC1(O)c3cccc([N+](=O)[O-])c3C(=O)C21NC(=O)c1ccco1. The molecule has 0 bridgehead atoms. The number of fused-ring (bicyclic) bond motifs is 5. The van der Waals surface area contributed by atoms with E-state index in [0.29, 0.717) is 0 Å². The number of ether oxygens (including phenoxy) is 1. The van der Waals surface area contributed by atoms with E-state index >= 15 is 0 Å². The molecule has 1 amide bonds. The Kier molecular flexibility index (Phi) is 4.06. The van der Waals surface area contributed by atoms with Crippen molar-refractivity contribution in [3.63, 3.8) is 0 Å². The molecule has 2 unspecified atom stereocenters. The van der Waals surface area contributed by atoms with Crippen molar-refractivity contribution in [3.8, 4) is 5.75 Å². The zero-order chi connectivity index (χ0) is 22.8. The predicted octanol–water partition coefficient (Wildman–Crippen LogP) is 3.37. The van der Waals surface area contributed by atoms with E-state index in [1.54, 1.807) is 18.2 Å². The summed E-state index contributed by atoms with van der Waals surface area (Å²) in [7, 11) is 0. The number of amides is 1. The molecule has 0 saturated carbocycles. The van der Waals surface area contributed by atoms with Crippen LogP contribution in [0.5, 0.6) is 5.75 Å². The molecule has 2 aromatic carbocycles. The highest BCUT2D eigenvalue weighted by molar-refractivity contribution is 6.15. The molecule has 1 aromatic heterocycles. The number of carbonyl (C=O) groups excluding carboxylic acids is 2. The van der Waals surface area contributed by atoms with E-state index in [-0.39, 0.29) is 34.1 Å². The minimum absolute atomic E-state index is 0.0845. The van der Waals surface area contributed by atoms with E-state index in [2.05, 4.69) is 5.32 Å². The predicted molar refractivity (Wildman–Crippen MR) is 110 cm³/mol. The number of rotatable bonds is 4. The standard InChI is InChI=1S/C23H18N2O7/c1-12(2)13-8-9-14-18(11-13)32-23(28)15-5-3-6-16(25(29)30)19(15)20(26)22(14,23)24-21(27)17-7-4-10-31-17/h3-12,28H,1-2H3,(H,24,27). The molecule has 1 aliphatic heterocycles. The van der Waals surface area contributed by atoms with Crippen molar-refractivity contribution in [1.82, 2.24) is 5.32 Å². The molecule has 0 radical (unpaired) electrons. The average Bonchev–Trinajstić information content (AvgIpc) is 3.42. The monoisotopic (exact) mass is 434 g/mol. The summed E-state index contributed by atoms with van der Waals surface area (Å²) in [6.45, 7) is 3.95. The second-order valence-electron chi connectivity index (χ2n) is 8.12. The highest BCUT2D eigenvalue weighted by Crippen LogP contribution is 2.59. The number of nitro benzene ring substituents is 1. The van der Waals surface area contributed by atoms with Gasteiger partial charge in [-0.2, -0.15) is 0 Å². The van der Waals surface area contributed by atoms with Gasteiger partial charge < -0.3 is 19.6 Å². The molecule has 0 saturated heterocycles. The van der Waals surface area contributed by atoms with Gasteiger partial charge in [0, 0.05) is 17.2 Å². The number of furan rings is 1. The third-order valence-electron chi connectivity index (χ3n) is 6.06. The largest absolute Gasteiger partial charge is 0.459 e. The lowest BCUT2D eigenvalue weighted by molar-refractivity contribution is -0.385. The Labute approximate surface area is 181 Å². The number of hydrogen-bond acceptors (Lipinski definition) is 7. The van der Waals surface area contributed by atoms with Gasteiger partial charge in [0.1, 0.15) is 11.3 Å². The molecule has 0 spiro atoms. The Morgan fingerprint density at radius 1 is 1.16 bits per heavy atom. The molecular weight excluding hydrogens is 416 g/mol. The zero-order valence-corrected chi connectivity index (χ0v) is 17.1. The van der Waals surface area contributed by atoms with E-state index in [1.807, 2.05) is 13.8 Å². The van der Waals surface area contributed by atoms with Gasteiger partial charge in [-0.1, -0.05) is 38.1 Å². The molecular formula is C23H18N2O7. The van der Waals surface area contributed by atoms with Gasteiger partial charge in [-0.25, -0.2) is 0 Å². The van der Waals surface area contributed by atoms with Crippen LogP contribution in [0.25, 0.3) is 0 Å². The number of nitrogens with zero attached hydrogens (tertiary/aromatic N) is 1. The second-order valence-corrected chi connectivity index (χ2v) is 8.12. The Balaban J connectivity index is 1.77. The van der Waals surface area contributed by atoms with Gasteiger partial charge in [0.15, 0.2) is 5.76 Å². The number of carbonyl (C=O) groups is 2. The molecule has 2 atom stereocenters.